The minimum atomic E-state index is -1.97. The normalized spacial score (nSPS) is 11.5. The van der Waals surface area contributed by atoms with E-state index >= 15 is 0 Å². The van der Waals surface area contributed by atoms with E-state index in [1.54, 1.807) is 0 Å². The van der Waals surface area contributed by atoms with E-state index in [4.69, 9.17) is 10.2 Å². The third-order valence-corrected chi connectivity index (χ3v) is 1.01. The van der Waals surface area contributed by atoms with Crippen molar-refractivity contribution in [1.29, 1.82) is 0 Å². The van der Waals surface area contributed by atoms with Gasteiger partial charge in [-0.1, -0.05) is 13.0 Å². The molecule has 0 saturated carbocycles. The number of hydrogen-bond donors (Lipinski definition) is 2. The van der Waals surface area contributed by atoms with Crippen LogP contribution < -0.4 is 0 Å². The highest BCUT2D eigenvalue weighted by Gasteiger charge is 2.21. The highest BCUT2D eigenvalue weighted by Crippen LogP contribution is 2.09. The molecule has 3 heteroatoms. The summed E-state index contributed by atoms with van der Waals surface area (Å²) in [5, 5.41) is 17.9. The Balaban J connectivity index is 3.51. The summed E-state index contributed by atoms with van der Waals surface area (Å²) in [7, 11) is 0. The lowest BCUT2D eigenvalue weighted by atomic mass is 10.3. The molecule has 0 radical (unpaired) electrons. The Morgan fingerprint density at radius 2 is 2.20 bits per heavy atom. The molecule has 3 nitrogen and oxygen atoms in total. The average molecular weight is 146 g/mol. The monoisotopic (exact) mass is 146 g/mol. The van der Waals surface area contributed by atoms with Crippen LogP contribution in [0.3, 0.4) is 0 Å². The first-order valence-corrected chi connectivity index (χ1v) is 3.32. The van der Waals surface area contributed by atoms with E-state index in [1.807, 2.05) is 6.92 Å². The topological polar surface area (TPSA) is 49.7 Å². The molecule has 0 aromatic heterocycles. The fourth-order valence-electron chi connectivity index (χ4n) is 0.590. The summed E-state index contributed by atoms with van der Waals surface area (Å²) in [4.78, 5) is 0. The predicted molar refractivity (Wildman–Crippen MR) is 38.2 cm³/mol. The van der Waals surface area contributed by atoms with Gasteiger partial charge in [0.25, 0.3) is 5.97 Å². The molecule has 0 aliphatic heterocycles. The highest BCUT2D eigenvalue weighted by atomic mass is 16.8. The van der Waals surface area contributed by atoms with Gasteiger partial charge >= 0.3 is 0 Å². The first kappa shape index (κ1) is 9.62. The van der Waals surface area contributed by atoms with Crippen LogP contribution >= 0.6 is 0 Å². The molecule has 0 saturated heterocycles. The van der Waals surface area contributed by atoms with Crippen molar-refractivity contribution in [2.75, 3.05) is 6.61 Å². The molecule has 0 bridgehead atoms. The second-order valence-electron chi connectivity index (χ2n) is 2.09. The number of rotatable bonds is 5. The summed E-state index contributed by atoms with van der Waals surface area (Å²) in [5.41, 5.74) is 0. The van der Waals surface area contributed by atoms with Crippen LogP contribution in [0.25, 0.3) is 0 Å². The Hall–Kier alpha value is -0.380. The lowest BCUT2D eigenvalue weighted by Gasteiger charge is -2.19. The standard InChI is InChI=1S/C7H14O3/c1-3-5-7(8,9)10-6-4-2/h4,8-9H,2-3,5-6H2,1H3. The summed E-state index contributed by atoms with van der Waals surface area (Å²) in [6.07, 6.45) is 2.36. The van der Waals surface area contributed by atoms with Crippen molar-refractivity contribution < 1.29 is 14.9 Å². The van der Waals surface area contributed by atoms with Gasteiger partial charge < -0.3 is 14.9 Å². The molecular weight excluding hydrogens is 132 g/mol. The molecule has 0 aliphatic carbocycles. The largest absolute Gasteiger partial charge is 0.343 e. The second kappa shape index (κ2) is 4.44. The van der Waals surface area contributed by atoms with Gasteiger partial charge in [-0.15, -0.1) is 6.58 Å². The Labute approximate surface area is 60.9 Å². The maximum atomic E-state index is 8.93. The third kappa shape index (κ3) is 4.49. The van der Waals surface area contributed by atoms with Crippen molar-refractivity contribution in [2.45, 2.75) is 25.7 Å². The molecule has 0 aromatic carbocycles. The molecule has 0 atom stereocenters. The minimum absolute atomic E-state index is 0.160. The number of ether oxygens (including phenoxy) is 1. The van der Waals surface area contributed by atoms with Crippen LogP contribution in [-0.4, -0.2) is 22.8 Å². The third-order valence-electron chi connectivity index (χ3n) is 1.01. The molecule has 0 rings (SSSR count). The molecule has 10 heavy (non-hydrogen) atoms. The van der Waals surface area contributed by atoms with Crippen LogP contribution in [0.5, 0.6) is 0 Å². The van der Waals surface area contributed by atoms with E-state index in [2.05, 4.69) is 11.3 Å². The molecule has 0 spiro atoms. The molecule has 0 amide bonds. The Bertz CT molecular complexity index is 99.0. The molecule has 2 N–H and O–H groups in total. The molecule has 0 aliphatic rings. The minimum Gasteiger partial charge on any atom is -0.343 e. The Morgan fingerprint density at radius 1 is 1.60 bits per heavy atom. The van der Waals surface area contributed by atoms with Gasteiger partial charge in [-0.05, 0) is 6.42 Å². The van der Waals surface area contributed by atoms with Crippen LogP contribution in [-0.2, 0) is 4.74 Å². The van der Waals surface area contributed by atoms with Crippen LogP contribution in [0.2, 0.25) is 0 Å². The molecule has 0 unspecified atom stereocenters. The maximum Gasteiger partial charge on any atom is 0.278 e. The summed E-state index contributed by atoms with van der Waals surface area (Å²) in [6.45, 7) is 5.38. The highest BCUT2D eigenvalue weighted by molar-refractivity contribution is 4.65. The van der Waals surface area contributed by atoms with Gasteiger partial charge in [-0.2, -0.15) is 0 Å². The summed E-state index contributed by atoms with van der Waals surface area (Å²) >= 11 is 0. The zero-order valence-corrected chi connectivity index (χ0v) is 6.21. The van der Waals surface area contributed by atoms with Crippen LogP contribution in [0, 0.1) is 0 Å². The van der Waals surface area contributed by atoms with E-state index in [9.17, 15) is 0 Å². The van der Waals surface area contributed by atoms with Gasteiger partial charge in [0.15, 0.2) is 0 Å². The first-order chi connectivity index (χ1) is 4.62. The zero-order chi connectivity index (χ0) is 8.04. The maximum absolute atomic E-state index is 8.93. The average Bonchev–Trinajstić information content (AvgIpc) is 1.84. The summed E-state index contributed by atoms with van der Waals surface area (Å²) in [5.74, 6) is -1.97. The van der Waals surface area contributed by atoms with E-state index in [0.29, 0.717) is 6.42 Å². The quantitative estimate of drug-likeness (QED) is 0.441. The summed E-state index contributed by atoms with van der Waals surface area (Å²) < 4.78 is 4.61. The smallest absolute Gasteiger partial charge is 0.278 e. The second-order valence-corrected chi connectivity index (χ2v) is 2.09. The van der Waals surface area contributed by atoms with Crippen molar-refractivity contribution >= 4 is 0 Å². The first-order valence-electron chi connectivity index (χ1n) is 3.32. The van der Waals surface area contributed by atoms with E-state index in [-0.39, 0.29) is 13.0 Å². The zero-order valence-electron chi connectivity index (χ0n) is 6.21. The molecular formula is C7H14O3. The lowest BCUT2D eigenvalue weighted by molar-refractivity contribution is -0.336. The fourth-order valence-corrected chi connectivity index (χ4v) is 0.590. The molecule has 0 aromatic rings. The van der Waals surface area contributed by atoms with E-state index < -0.39 is 5.97 Å². The van der Waals surface area contributed by atoms with Crippen molar-refractivity contribution in [1.82, 2.24) is 0 Å². The lowest BCUT2D eigenvalue weighted by Crippen LogP contribution is -2.31. The SMILES string of the molecule is C=CCOC(O)(O)CCC. The van der Waals surface area contributed by atoms with Crippen LogP contribution in [0.4, 0.5) is 0 Å². The van der Waals surface area contributed by atoms with Gasteiger partial charge in [0.2, 0.25) is 0 Å². The Morgan fingerprint density at radius 3 is 2.60 bits per heavy atom. The predicted octanol–water partition coefficient (Wildman–Crippen LogP) is 0.627. The summed E-state index contributed by atoms with van der Waals surface area (Å²) in [6, 6.07) is 0. The van der Waals surface area contributed by atoms with Crippen LogP contribution in [0.1, 0.15) is 19.8 Å². The van der Waals surface area contributed by atoms with Gasteiger partial charge in [0, 0.05) is 6.42 Å². The van der Waals surface area contributed by atoms with Crippen LogP contribution in [0.15, 0.2) is 12.7 Å². The van der Waals surface area contributed by atoms with Gasteiger partial charge in [0.05, 0.1) is 6.61 Å². The molecule has 0 fully saturated rings. The molecule has 60 valence electrons. The fraction of sp³-hybridized carbons (Fsp3) is 0.714. The van der Waals surface area contributed by atoms with Crippen molar-refractivity contribution in [3.63, 3.8) is 0 Å². The van der Waals surface area contributed by atoms with Gasteiger partial charge in [-0.3, -0.25) is 0 Å². The van der Waals surface area contributed by atoms with Gasteiger partial charge in [0.1, 0.15) is 0 Å². The Kier molecular flexibility index (Phi) is 4.27. The van der Waals surface area contributed by atoms with E-state index in [1.165, 1.54) is 6.08 Å². The molecule has 0 heterocycles. The number of aliphatic hydroxyl groups is 2. The van der Waals surface area contributed by atoms with E-state index in [0.717, 1.165) is 0 Å². The number of hydrogen-bond acceptors (Lipinski definition) is 3. The van der Waals surface area contributed by atoms with Crippen molar-refractivity contribution in [2.24, 2.45) is 0 Å². The van der Waals surface area contributed by atoms with Crippen molar-refractivity contribution in [3.05, 3.63) is 12.7 Å². The van der Waals surface area contributed by atoms with Crippen molar-refractivity contribution in [3.8, 4) is 0 Å². The van der Waals surface area contributed by atoms with Gasteiger partial charge in [-0.25, -0.2) is 0 Å².